The van der Waals surface area contributed by atoms with Gasteiger partial charge in [-0.15, -0.1) is 0 Å². The second-order valence-corrected chi connectivity index (χ2v) is 7.58. The molecule has 29 heavy (non-hydrogen) atoms. The first-order chi connectivity index (χ1) is 13.7. The van der Waals surface area contributed by atoms with Gasteiger partial charge in [-0.05, 0) is 56.8 Å². The highest BCUT2D eigenvalue weighted by Crippen LogP contribution is 2.36. The highest BCUT2D eigenvalue weighted by molar-refractivity contribution is 5.93. The largest absolute Gasteiger partial charge is 0.419 e. The van der Waals surface area contributed by atoms with Gasteiger partial charge in [-0.25, -0.2) is 4.98 Å². The fraction of sp³-hybridized carbons (Fsp3) is 0.429. The average Bonchev–Trinajstić information content (AvgIpc) is 2.68. The molecule has 1 atom stereocenters. The minimum Gasteiger partial charge on any atom is -0.355 e. The van der Waals surface area contributed by atoms with Crippen molar-refractivity contribution in [3.05, 3.63) is 53.7 Å². The SMILES string of the molecule is CN(C)Cc1ccc(NC(=O)[C@@H]2CCCN(c3ncccc3C(F)(F)F)C2)cc1. The van der Waals surface area contributed by atoms with Gasteiger partial charge in [0.2, 0.25) is 5.91 Å². The summed E-state index contributed by atoms with van der Waals surface area (Å²) in [4.78, 5) is 20.3. The summed E-state index contributed by atoms with van der Waals surface area (Å²) in [6.07, 6.45) is -1.86. The van der Waals surface area contributed by atoms with Crippen molar-refractivity contribution in [2.75, 3.05) is 37.4 Å². The standard InChI is InChI=1S/C21H25F3N4O/c1-27(2)13-15-7-9-17(10-8-15)26-20(29)16-5-4-12-28(14-16)19-18(21(22,23)24)6-3-11-25-19/h3,6-11,16H,4-5,12-14H2,1-2H3,(H,26,29)/t16-/m1/s1. The van der Waals surface area contributed by atoms with Crippen LogP contribution in [0.1, 0.15) is 24.0 Å². The molecule has 5 nitrogen and oxygen atoms in total. The fourth-order valence-electron chi connectivity index (χ4n) is 3.56. The first-order valence-corrected chi connectivity index (χ1v) is 9.56. The van der Waals surface area contributed by atoms with E-state index in [1.807, 2.05) is 38.4 Å². The van der Waals surface area contributed by atoms with Crippen LogP contribution in [0, 0.1) is 5.92 Å². The predicted octanol–water partition coefficient (Wildman–Crippen LogP) is 4.02. The Kier molecular flexibility index (Phi) is 6.42. The van der Waals surface area contributed by atoms with Crippen LogP contribution in [-0.4, -0.2) is 43.0 Å². The molecule has 1 saturated heterocycles. The number of benzene rings is 1. The van der Waals surface area contributed by atoms with Crippen LogP contribution in [0.2, 0.25) is 0 Å². The number of aromatic nitrogens is 1. The number of anilines is 2. The average molecular weight is 406 g/mol. The number of halogens is 3. The van der Waals surface area contributed by atoms with E-state index in [4.69, 9.17) is 0 Å². The Hall–Kier alpha value is -2.61. The van der Waals surface area contributed by atoms with Crippen molar-refractivity contribution < 1.29 is 18.0 Å². The molecule has 0 unspecified atom stereocenters. The van der Waals surface area contributed by atoms with E-state index < -0.39 is 17.7 Å². The zero-order chi connectivity index (χ0) is 21.0. The van der Waals surface area contributed by atoms with Crippen molar-refractivity contribution >= 4 is 17.4 Å². The Morgan fingerprint density at radius 1 is 1.24 bits per heavy atom. The van der Waals surface area contributed by atoms with Gasteiger partial charge in [0.25, 0.3) is 0 Å². The first-order valence-electron chi connectivity index (χ1n) is 9.56. The lowest BCUT2D eigenvalue weighted by molar-refractivity contribution is -0.137. The van der Waals surface area contributed by atoms with Gasteiger partial charge in [-0.2, -0.15) is 13.2 Å². The van der Waals surface area contributed by atoms with Crippen molar-refractivity contribution in [1.82, 2.24) is 9.88 Å². The van der Waals surface area contributed by atoms with Gasteiger partial charge in [0.15, 0.2) is 0 Å². The van der Waals surface area contributed by atoms with Crippen LogP contribution in [0.5, 0.6) is 0 Å². The minimum absolute atomic E-state index is 0.106. The lowest BCUT2D eigenvalue weighted by Gasteiger charge is -2.34. The van der Waals surface area contributed by atoms with Crippen LogP contribution in [0.3, 0.4) is 0 Å². The van der Waals surface area contributed by atoms with Crippen molar-refractivity contribution in [2.24, 2.45) is 5.92 Å². The number of hydrogen-bond donors (Lipinski definition) is 1. The number of piperidine rings is 1. The third kappa shape index (κ3) is 5.47. The Bertz CT molecular complexity index is 837. The van der Waals surface area contributed by atoms with Crippen LogP contribution in [0.15, 0.2) is 42.6 Å². The van der Waals surface area contributed by atoms with Gasteiger partial charge >= 0.3 is 6.18 Å². The van der Waals surface area contributed by atoms with Crippen LogP contribution in [0.4, 0.5) is 24.7 Å². The molecule has 0 bridgehead atoms. The molecule has 1 amide bonds. The normalized spacial score (nSPS) is 17.4. The number of carbonyl (C=O) groups excluding carboxylic acids is 1. The van der Waals surface area contributed by atoms with Crippen LogP contribution < -0.4 is 10.2 Å². The van der Waals surface area contributed by atoms with Gasteiger partial charge in [0.05, 0.1) is 11.5 Å². The lowest BCUT2D eigenvalue weighted by atomic mass is 9.96. The molecule has 1 aliphatic heterocycles. The highest BCUT2D eigenvalue weighted by Gasteiger charge is 2.37. The molecule has 8 heteroatoms. The van der Waals surface area contributed by atoms with Crippen LogP contribution in [0.25, 0.3) is 0 Å². The Labute approximate surface area is 168 Å². The van der Waals surface area contributed by atoms with Crippen LogP contribution in [-0.2, 0) is 17.5 Å². The Morgan fingerprint density at radius 3 is 2.62 bits per heavy atom. The summed E-state index contributed by atoms with van der Waals surface area (Å²) < 4.78 is 39.9. The third-order valence-electron chi connectivity index (χ3n) is 4.90. The number of hydrogen-bond acceptors (Lipinski definition) is 4. The van der Waals surface area contributed by atoms with Crippen LogP contribution >= 0.6 is 0 Å². The summed E-state index contributed by atoms with van der Waals surface area (Å²) in [5, 5.41) is 2.89. The number of carbonyl (C=O) groups is 1. The van der Waals surface area contributed by atoms with E-state index in [0.29, 0.717) is 25.1 Å². The van der Waals surface area contributed by atoms with E-state index in [1.54, 1.807) is 4.90 Å². The molecule has 1 fully saturated rings. The molecule has 1 aromatic heterocycles. The van der Waals surface area contributed by atoms with Crippen molar-refractivity contribution in [3.8, 4) is 0 Å². The molecule has 3 rings (SSSR count). The number of amides is 1. The molecule has 1 aliphatic rings. The van der Waals surface area contributed by atoms with E-state index in [2.05, 4.69) is 15.2 Å². The molecule has 1 N–H and O–H groups in total. The van der Waals surface area contributed by atoms with Crippen molar-refractivity contribution in [3.63, 3.8) is 0 Å². The van der Waals surface area contributed by atoms with E-state index in [0.717, 1.165) is 18.2 Å². The smallest absolute Gasteiger partial charge is 0.355 e. The Balaban J connectivity index is 1.67. The topological polar surface area (TPSA) is 48.5 Å². The minimum atomic E-state index is -4.48. The predicted molar refractivity (Wildman–Crippen MR) is 107 cm³/mol. The van der Waals surface area contributed by atoms with E-state index in [1.165, 1.54) is 12.3 Å². The van der Waals surface area contributed by atoms with Gasteiger partial charge in [-0.1, -0.05) is 12.1 Å². The number of alkyl halides is 3. The molecule has 0 aliphatic carbocycles. The lowest BCUT2D eigenvalue weighted by Crippen LogP contribution is -2.42. The van der Waals surface area contributed by atoms with E-state index in [9.17, 15) is 18.0 Å². The maximum Gasteiger partial charge on any atom is 0.419 e. The highest BCUT2D eigenvalue weighted by atomic mass is 19.4. The van der Waals surface area contributed by atoms with E-state index >= 15 is 0 Å². The summed E-state index contributed by atoms with van der Waals surface area (Å²) in [6.45, 7) is 1.46. The van der Waals surface area contributed by atoms with Gasteiger partial charge in [-0.3, -0.25) is 4.79 Å². The van der Waals surface area contributed by atoms with E-state index in [-0.39, 0.29) is 18.3 Å². The fourth-order valence-corrected chi connectivity index (χ4v) is 3.56. The number of nitrogens with one attached hydrogen (secondary N) is 1. The molecule has 1 aromatic carbocycles. The summed E-state index contributed by atoms with van der Waals surface area (Å²) in [5.41, 5.74) is 1.05. The zero-order valence-corrected chi connectivity index (χ0v) is 16.5. The van der Waals surface area contributed by atoms with Crippen molar-refractivity contribution in [2.45, 2.75) is 25.6 Å². The zero-order valence-electron chi connectivity index (χ0n) is 16.5. The van der Waals surface area contributed by atoms with Gasteiger partial charge in [0.1, 0.15) is 5.82 Å². The Morgan fingerprint density at radius 2 is 1.97 bits per heavy atom. The summed E-state index contributed by atoms with van der Waals surface area (Å²) in [5.74, 6) is -0.682. The monoisotopic (exact) mass is 406 g/mol. The molecular formula is C21H25F3N4O. The maximum atomic E-state index is 13.3. The number of rotatable bonds is 5. The molecule has 0 radical (unpaired) electrons. The molecule has 2 aromatic rings. The molecule has 0 saturated carbocycles. The van der Waals surface area contributed by atoms with Gasteiger partial charge in [0, 0.05) is 31.5 Å². The number of nitrogens with zero attached hydrogens (tertiary/aromatic N) is 3. The van der Waals surface area contributed by atoms with Crippen molar-refractivity contribution in [1.29, 1.82) is 0 Å². The quantitative estimate of drug-likeness (QED) is 0.815. The summed E-state index contributed by atoms with van der Waals surface area (Å²) in [7, 11) is 3.96. The second kappa shape index (κ2) is 8.82. The molecule has 2 heterocycles. The molecule has 0 spiro atoms. The first kappa shape index (κ1) is 21.1. The number of pyridine rings is 1. The molecular weight excluding hydrogens is 381 g/mol. The third-order valence-corrected chi connectivity index (χ3v) is 4.90. The maximum absolute atomic E-state index is 13.3. The summed E-state index contributed by atoms with van der Waals surface area (Å²) in [6, 6.07) is 9.90. The van der Waals surface area contributed by atoms with Gasteiger partial charge < -0.3 is 15.1 Å². The summed E-state index contributed by atoms with van der Waals surface area (Å²) >= 11 is 0. The second-order valence-electron chi connectivity index (χ2n) is 7.58. The molecule has 156 valence electrons.